The Kier molecular flexibility index (Phi) is 3.67. The van der Waals surface area contributed by atoms with Gasteiger partial charge >= 0.3 is 0 Å². The van der Waals surface area contributed by atoms with Crippen molar-refractivity contribution in [1.29, 1.82) is 0 Å². The average molecular weight is 281 g/mol. The lowest BCUT2D eigenvalue weighted by molar-refractivity contribution is 0.0728. The van der Waals surface area contributed by atoms with Gasteiger partial charge in [-0.15, -0.1) is 11.3 Å². The maximum absolute atomic E-state index is 5.93. The zero-order chi connectivity index (χ0) is 12.4. The lowest BCUT2D eigenvalue weighted by atomic mass is 10.0. The third-order valence-electron chi connectivity index (χ3n) is 3.12. The first-order chi connectivity index (χ1) is 8.83. The van der Waals surface area contributed by atoms with Gasteiger partial charge in [0.2, 0.25) is 0 Å². The minimum absolute atomic E-state index is 0.593. The van der Waals surface area contributed by atoms with Gasteiger partial charge < -0.3 is 10.5 Å². The van der Waals surface area contributed by atoms with Crippen LogP contribution in [0.2, 0.25) is 0 Å². The number of nitrogen functional groups attached to an aromatic ring is 1. The van der Waals surface area contributed by atoms with Crippen molar-refractivity contribution in [3.63, 3.8) is 0 Å². The number of hydrogen-bond acceptors (Lipinski definition) is 6. The molecule has 1 saturated heterocycles. The van der Waals surface area contributed by atoms with Crippen LogP contribution in [0, 0.1) is 5.92 Å². The van der Waals surface area contributed by atoms with Crippen molar-refractivity contribution in [1.82, 2.24) is 9.97 Å². The lowest BCUT2D eigenvalue weighted by Crippen LogP contribution is -2.17. The topological polar surface area (TPSA) is 61.0 Å². The molecule has 2 aromatic heterocycles. The lowest BCUT2D eigenvalue weighted by Gasteiger charge is -2.21. The van der Waals surface area contributed by atoms with Gasteiger partial charge in [-0.3, -0.25) is 0 Å². The molecule has 2 aromatic rings. The maximum Gasteiger partial charge on any atom is 0.190 e. The first-order valence-corrected chi connectivity index (χ1v) is 7.91. The van der Waals surface area contributed by atoms with Gasteiger partial charge in [-0.1, -0.05) is 11.8 Å². The van der Waals surface area contributed by atoms with Gasteiger partial charge in [-0.25, -0.2) is 9.97 Å². The Morgan fingerprint density at radius 2 is 2.22 bits per heavy atom. The van der Waals surface area contributed by atoms with Crippen molar-refractivity contribution in [2.75, 3.05) is 24.7 Å². The molecule has 3 heterocycles. The van der Waals surface area contributed by atoms with Gasteiger partial charge in [0.05, 0.1) is 5.39 Å². The van der Waals surface area contributed by atoms with Crippen LogP contribution in [0.4, 0.5) is 5.82 Å². The number of nitrogens with zero attached hydrogens (tertiary/aromatic N) is 2. The SMILES string of the molecule is Nc1nc(SCC2CCOCC2)nc2sccc12. The molecular formula is C12H15N3OS2. The fourth-order valence-electron chi connectivity index (χ4n) is 2.03. The zero-order valence-corrected chi connectivity index (χ0v) is 11.6. The van der Waals surface area contributed by atoms with Crippen molar-refractivity contribution >= 4 is 39.1 Å². The summed E-state index contributed by atoms with van der Waals surface area (Å²) in [6, 6.07) is 1.97. The van der Waals surface area contributed by atoms with E-state index in [1.165, 1.54) is 0 Å². The van der Waals surface area contributed by atoms with Crippen LogP contribution in [0.15, 0.2) is 16.6 Å². The molecule has 0 spiro atoms. The van der Waals surface area contributed by atoms with Crippen molar-refractivity contribution < 1.29 is 4.74 Å². The van der Waals surface area contributed by atoms with Crippen LogP contribution >= 0.6 is 23.1 Å². The molecular weight excluding hydrogens is 266 g/mol. The Morgan fingerprint density at radius 3 is 3.06 bits per heavy atom. The van der Waals surface area contributed by atoms with Crippen LogP contribution in [-0.2, 0) is 4.74 Å². The molecule has 0 radical (unpaired) electrons. The number of nitrogens with two attached hydrogens (primary N) is 1. The fraction of sp³-hybridized carbons (Fsp3) is 0.500. The van der Waals surface area contributed by atoms with Crippen molar-refractivity contribution in [3.05, 3.63) is 11.4 Å². The van der Waals surface area contributed by atoms with E-state index in [1.54, 1.807) is 23.1 Å². The van der Waals surface area contributed by atoms with E-state index in [0.29, 0.717) is 11.7 Å². The van der Waals surface area contributed by atoms with Crippen LogP contribution in [0.3, 0.4) is 0 Å². The second-order valence-electron chi connectivity index (χ2n) is 4.40. The molecule has 3 rings (SSSR count). The zero-order valence-electron chi connectivity index (χ0n) is 9.96. The second kappa shape index (κ2) is 5.42. The van der Waals surface area contributed by atoms with E-state index in [-0.39, 0.29) is 0 Å². The van der Waals surface area contributed by atoms with E-state index < -0.39 is 0 Å². The molecule has 6 heteroatoms. The highest BCUT2D eigenvalue weighted by Crippen LogP contribution is 2.28. The molecule has 4 nitrogen and oxygen atoms in total. The molecule has 1 aliphatic heterocycles. The first-order valence-electron chi connectivity index (χ1n) is 6.04. The summed E-state index contributed by atoms with van der Waals surface area (Å²) in [4.78, 5) is 9.89. The van der Waals surface area contributed by atoms with Gasteiger partial charge in [0.15, 0.2) is 5.16 Å². The summed E-state index contributed by atoms with van der Waals surface area (Å²) in [5.74, 6) is 2.36. The monoisotopic (exact) mass is 281 g/mol. The third kappa shape index (κ3) is 2.60. The normalized spacial score (nSPS) is 17.3. The minimum Gasteiger partial charge on any atom is -0.383 e. The van der Waals surface area contributed by atoms with Gasteiger partial charge in [-0.05, 0) is 30.2 Å². The number of hydrogen-bond donors (Lipinski definition) is 1. The number of thioether (sulfide) groups is 1. The Balaban J connectivity index is 1.70. The molecule has 1 aliphatic rings. The molecule has 0 saturated carbocycles. The summed E-state index contributed by atoms with van der Waals surface area (Å²) in [7, 11) is 0. The highest BCUT2D eigenvalue weighted by atomic mass is 32.2. The predicted octanol–water partition coefficient (Wildman–Crippen LogP) is 2.79. The van der Waals surface area contributed by atoms with E-state index >= 15 is 0 Å². The van der Waals surface area contributed by atoms with Crippen molar-refractivity contribution in [2.24, 2.45) is 5.92 Å². The van der Waals surface area contributed by atoms with E-state index in [0.717, 1.165) is 47.2 Å². The summed E-state index contributed by atoms with van der Waals surface area (Å²) < 4.78 is 5.36. The summed E-state index contributed by atoms with van der Waals surface area (Å²) in [5.41, 5.74) is 5.93. The molecule has 0 bridgehead atoms. The highest BCUT2D eigenvalue weighted by Gasteiger charge is 2.15. The Hall–Kier alpha value is -0.850. The fourth-order valence-corrected chi connectivity index (χ4v) is 3.89. The molecule has 0 amide bonds. The number of ether oxygens (including phenoxy) is 1. The number of thiophene rings is 1. The van der Waals surface area contributed by atoms with Crippen molar-refractivity contribution in [3.8, 4) is 0 Å². The molecule has 18 heavy (non-hydrogen) atoms. The molecule has 1 fully saturated rings. The van der Waals surface area contributed by atoms with Gasteiger partial charge in [0.25, 0.3) is 0 Å². The molecule has 0 unspecified atom stereocenters. The molecule has 96 valence electrons. The Labute approximate surface area is 114 Å². The quantitative estimate of drug-likeness (QED) is 0.692. The number of rotatable bonds is 3. The van der Waals surface area contributed by atoms with E-state index in [1.807, 2.05) is 11.4 Å². The number of aromatic nitrogens is 2. The minimum atomic E-state index is 0.593. The molecule has 0 atom stereocenters. The number of fused-ring (bicyclic) bond motifs is 1. The Morgan fingerprint density at radius 1 is 1.39 bits per heavy atom. The van der Waals surface area contributed by atoms with Crippen LogP contribution in [-0.4, -0.2) is 28.9 Å². The maximum atomic E-state index is 5.93. The van der Waals surface area contributed by atoms with Crippen molar-refractivity contribution in [2.45, 2.75) is 18.0 Å². The largest absolute Gasteiger partial charge is 0.383 e. The van der Waals surface area contributed by atoms with Crippen LogP contribution < -0.4 is 5.73 Å². The van der Waals surface area contributed by atoms with Crippen LogP contribution in [0.1, 0.15) is 12.8 Å². The highest BCUT2D eigenvalue weighted by molar-refractivity contribution is 7.99. The molecule has 2 N–H and O–H groups in total. The van der Waals surface area contributed by atoms with Gasteiger partial charge in [-0.2, -0.15) is 0 Å². The summed E-state index contributed by atoms with van der Waals surface area (Å²) in [6.45, 7) is 1.77. The van der Waals surface area contributed by atoms with Crippen LogP contribution in [0.5, 0.6) is 0 Å². The summed E-state index contributed by atoms with van der Waals surface area (Å²) in [6.07, 6.45) is 2.29. The smallest absolute Gasteiger partial charge is 0.190 e. The summed E-state index contributed by atoms with van der Waals surface area (Å²) >= 11 is 3.32. The van der Waals surface area contributed by atoms with E-state index in [4.69, 9.17) is 10.5 Å². The van der Waals surface area contributed by atoms with E-state index in [2.05, 4.69) is 9.97 Å². The van der Waals surface area contributed by atoms with E-state index in [9.17, 15) is 0 Å². The molecule has 0 aromatic carbocycles. The van der Waals surface area contributed by atoms with Gasteiger partial charge in [0, 0.05) is 19.0 Å². The predicted molar refractivity (Wildman–Crippen MR) is 76.1 cm³/mol. The second-order valence-corrected chi connectivity index (χ2v) is 6.28. The standard InChI is InChI=1S/C12H15N3OS2/c13-10-9-3-6-17-11(9)15-12(14-10)18-7-8-1-4-16-5-2-8/h3,6,8H,1-2,4-5,7H2,(H2,13,14,15). The average Bonchev–Trinajstić information content (AvgIpc) is 2.86. The Bertz CT molecular complexity index is 537. The summed E-state index contributed by atoms with van der Waals surface area (Å²) in [5, 5.41) is 3.77. The third-order valence-corrected chi connectivity index (χ3v) is 5.01. The first kappa shape index (κ1) is 12.2. The molecule has 0 aliphatic carbocycles. The van der Waals surface area contributed by atoms with Crippen LogP contribution in [0.25, 0.3) is 10.2 Å². The number of anilines is 1. The van der Waals surface area contributed by atoms with Gasteiger partial charge in [0.1, 0.15) is 10.6 Å².